The standard InChI is InChI=1S/C20H18ClF2N5O4/c1-10-24-6-13(18(25-10)27-16(30)8-29)7-28-11(2)26-19(17(21)20(28)31)32-9-12-3-4-14(22)5-15(12)23/h3-6,29H,7-9H2,1-2H3,(H,24,25,27,30). The molecule has 0 fully saturated rings. The van der Waals surface area contributed by atoms with Gasteiger partial charge >= 0.3 is 0 Å². The van der Waals surface area contributed by atoms with Crippen LogP contribution < -0.4 is 15.6 Å². The predicted molar refractivity (Wildman–Crippen MR) is 111 cm³/mol. The number of aliphatic hydroxyl groups is 1. The van der Waals surface area contributed by atoms with E-state index in [2.05, 4.69) is 20.3 Å². The van der Waals surface area contributed by atoms with Crippen LogP contribution in [0.25, 0.3) is 0 Å². The van der Waals surface area contributed by atoms with Gasteiger partial charge in [0.15, 0.2) is 5.02 Å². The third kappa shape index (κ3) is 5.24. The Morgan fingerprint density at radius 3 is 2.69 bits per heavy atom. The molecule has 0 aliphatic rings. The number of aromatic nitrogens is 4. The van der Waals surface area contributed by atoms with E-state index < -0.39 is 29.7 Å². The molecule has 1 aromatic carbocycles. The molecule has 9 nitrogen and oxygen atoms in total. The molecule has 0 atom stereocenters. The van der Waals surface area contributed by atoms with E-state index in [0.717, 1.165) is 6.07 Å². The monoisotopic (exact) mass is 465 g/mol. The van der Waals surface area contributed by atoms with Crippen LogP contribution in [0.5, 0.6) is 5.88 Å². The summed E-state index contributed by atoms with van der Waals surface area (Å²) in [5, 5.41) is 11.1. The molecule has 3 rings (SSSR count). The summed E-state index contributed by atoms with van der Waals surface area (Å²) in [5.74, 6) is -1.69. The number of aryl methyl sites for hydroxylation is 2. The highest BCUT2D eigenvalue weighted by molar-refractivity contribution is 6.31. The van der Waals surface area contributed by atoms with Gasteiger partial charge in [-0.05, 0) is 26.0 Å². The van der Waals surface area contributed by atoms with Gasteiger partial charge in [0, 0.05) is 23.4 Å². The number of carbonyl (C=O) groups excluding carboxylic acids is 1. The number of nitrogens with zero attached hydrogens (tertiary/aromatic N) is 4. The number of hydrogen-bond acceptors (Lipinski definition) is 7. The van der Waals surface area contributed by atoms with Gasteiger partial charge < -0.3 is 15.2 Å². The fraction of sp³-hybridized carbons (Fsp3) is 0.250. The first kappa shape index (κ1) is 23.2. The van der Waals surface area contributed by atoms with Crippen LogP contribution in [0.15, 0.2) is 29.2 Å². The van der Waals surface area contributed by atoms with Crippen LogP contribution in [0.2, 0.25) is 5.02 Å². The number of amides is 1. The molecular weight excluding hydrogens is 448 g/mol. The van der Waals surface area contributed by atoms with E-state index in [1.165, 1.54) is 23.8 Å². The van der Waals surface area contributed by atoms with Gasteiger partial charge in [0.05, 0.1) is 6.54 Å². The van der Waals surface area contributed by atoms with Gasteiger partial charge in [-0.3, -0.25) is 14.2 Å². The van der Waals surface area contributed by atoms with Gasteiger partial charge in [-0.25, -0.2) is 18.7 Å². The second-order valence-electron chi connectivity index (χ2n) is 6.69. The first-order valence-electron chi connectivity index (χ1n) is 9.26. The van der Waals surface area contributed by atoms with Crippen molar-refractivity contribution >= 4 is 23.3 Å². The second kappa shape index (κ2) is 9.79. The number of halogens is 3. The van der Waals surface area contributed by atoms with Crippen LogP contribution in [-0.4, -0.2) is 37.1 Å². The maximum absolute atomic E-state index is 13.8. The van der Waals surface area contributed by atoms with E-state index in [1.807, 2.05) is 0 Å². The number of anilines is 1. The average molecular weight is 466 g/mol. The largest absolute Gasteiger partial charge is 0.471 e. The van der Waals surface area contributed by atoms with Crippen molar-refractivity contribution < 1.29 is 23.4 Å². The van der Waals surface area contributed by atoms with Gasteiger partial charge in [-0.1, -0.05) is 11.6 Å². The van der Waals surface area contributed by atoms with Crippen LogP contribution in [0, 0.1) is 25.5 Å². The van der Waals surface area contributed by atoms with E-state index in [1.54, 1.807) is 6.92 Å². The lowest BCUT2D eigenvalue weighted by atomic mass is 10.2. The molecule has 2 aromatic heterocycles. The Morgan fingerprint density at radius 1 is 1.25 bits per heavy atom. The summed E-state index contributed by atoms with van der Waals surface area (Å²) in [6.07, 6.45) is 1.43. The van der Waals surface area contributed by atoms with Gasteiger partial charge in [-0.15, -0.1) is 0 Å². The lowest BCUT2D eigenvalue weighted by Gasteiger charge is -2.15. The molecule has 0 unspecified atom stereocenters. The van der Waals surface area contributed by atoms with Crippen LogP contribution in [-0.2, 0) is 17.9 Å². The molecule has 0 radical (unpaired) electrons. The highest BCUT2D eigenvalue weighted by Gasteiger charge is 2.18. The first-order chi connectivity index (χ1) is 15.2. The zero-order chi connectivity index (χ0) is 23.4. The van der Waals surface area contributed by atoms with Crippen molar-refractivity contribution in [2.45, 2.75) is 27.0 Å². The first-order valence-corrected chi connectivity index (χ1v) is 9.64. The second-order valence-corrected chi connectivity index (χ2v) is 7.07. The summed E-state index contributed by atoms with van der Waals surface area (Å²) in [4.78, 5) is 36.7. The molecular formula is C20H18ClF2N5O4. The van der Waals surface area contributed by atoms with Crippen LogP contribution in [0.1, 0.15) is 22.8 Å². The Hall–Kier alpha value is -3.44. The topological polar surface area (TPSA) is 119 Å². The van der Waals surface area contributed by atoms with Crippen molar-refractivity contribution in [1.29, 1.82) is 0 Å². The smallest absolute Gasteiger partial charge is 0.276 e. The summed E-state index contributed by atoms with van der Waals surface area (Å²) >= 11 is 6.13. The number of carbonyl (C=O) groups is 1. The van der Waals surface area contributed by atoms with Crippen LogP contribution in [0.3, 0.4) is 0 Å². The zero-order valence-corrected chi connectivity index (χ0v) is 17.8. The maximum atomic E-state index is 13.8. The Bertz CT molecular complexity index is 1240. The Labute approximate surface area is 185 Å². The van der Waals surface area contributed by atoms with Crippen molar-refractivity contribution in [3.63, 3.8) is 0 Å². The summed E-state index contributed by atoms with van der Waals surface area (Å²) in [5.41, 5.74) is -0.205. The molecule has 3 aromatic rings. The van der Waals surface area contributed by atoms with Crippen molar-refractivity contribution in [3.05, 3.63) is 74.2 Å². The van der Waals surface area contributed by atoms with Crippen LogP contribution in [0.4, 0.5) is 14.6 Å². The highest BCUT2D eigenvalue weighted by atomic mass is 35.5. The van der Waals surface area contributed by atoms with E-state index in [-0.39, 0.29) is 41.3 Å². The molecule has 168 valence electrons. The number of ether oxygens (including phenoxy) is 1. The number of nitrogens with one attached hydrogen (secondary N) is 1. The third-order valence-corrected chi connectivity index (χ3v) is 4.69. The molecule has 1 amide bonds. The number of aliphatic hydroxyl groups excluding tert-OH is 1. The summed E-state index contributed by atoms with van der Waals surface area (Å²) in [6, 6.07) is 3.01. The minimum Gasteiger partial charge on any atom is -0.471 e. The van der Waals surface area contributed by atoms with E-state index in [9.17, 15) is 18.4 Å². The minimum atomic E-state index is -0.803. The van der Waals surface area contributed by atoms with Gasteiger partial charge in [0.25, 0.3) is 11.5 Å². The number of benzene rings is 1. The predicted octanol–water partition coefficient (Wildman–Crippen LogP) is 2.14. The average Bonchev–Trinajstić information content (AvgIpc) is 2.75. The van der Waals surface area contributed by atoms with E-state index in [0.29, 0.717) is 17.5 Å². The van der Waals surface area contributed by atoms with Gasteiger partial charge in [-0.2, -0.15) is 4.98 Å². The Kier molecular flexibility index (Phi) is 7.11. The van der Waals surface area contributed by atoms with Gasteiger partial charge in [0.2, 0.25) is 5.88 Å². The molecule has 0 spiro atoms. The SMILES string of the molecule is Cc1ncc(Cn2c(C)nc(OCc3ccc(F)cc3F)c(Cl)c2=O)c(NC(=O)CO)n1. The maximum Gasteiger partial charge on any atom is 0.276 e. The summed E-state index contributed by atoms with van der Waals surface area (Å²) in [7, 11) is 0. The van der Waals surface area contributed by atoms with Crippen molar-refractivity contribution in [2.75, 3.05) is 11.9 Å². The number of hydrogen-bond donors (Lipinski definition) is 2. The number of rotatable bonds is 7. The van der Waals surface area contributed by atoms with Gasteiger partial charge in [0.1, 0.15) is 42.3 Å². The minimum absolute atomic E-state index is 0.0622. The van der Waals surface area contributed by atoms with Crippen molar-refractivity contribution in [1.82, 2.24) is 19.5 Å². The molecule has 32 heavy (non-hydrogen) atoms. The molecule has 0 bridgehead atoms. The van der Waals surface area contributed by atoms with Crippen LogP contribution >= 0.6 is 11.6 Å². The molecule has 0 saturated heterocycles. The molecule has 2 N–H and O–H groups in total. The lowest BCUT2D eigenvalue weighted by Crippen LogP contribution is -2.27. The molecule has 12 heteroatoms. The molecule has 0 aliphatic carbocycles. The molecule has 0 saturated carbocycles. The van der Waals surface area contributed by atoms with E-state index >= 15 is 0 Å². The fourth-order valence-electron chi connectivity index (χ4n) is 2.74. The Balaban J connectivity index is 1.88. The van der Waals surface area contributed by atoms with E-state index in [4.69, 9.17) is 21.4 Å². The quantitative estimate of drug-likeness (QED) is 0.548. The fourth-order valence-corrected chi connectivity index (χ4v) is 2.94. The third-order valence-electron chi connectivity index (χ3n) is 4.37. The Morgan fingerprint density at radius 2 is 2.00 bits per heavy atom. The van der Waals surface area contributed by atoms with Crippen molar-refractivity contribution in [3.8, 4) is 5.88 Å². The zero-order valence-electron chi connectivity index (χ0n) is 17.0. The molecule has 0 aliphatic heterocycles. The van der Waals surface area contributed by atoms with Crippen molar-refractivity contribution in [2.24, 2.45) is 0 Å². The summed E-state index contributed by atoms with van der Waals surface area (Å²) < 4.78 is 33.5. The lowest BCUT2D eigenvalue weighted by molar-refractivity contribution is -0.118. The highest BCUT2D eigenvalue weighted by Crippen LogP contribution is 2.21. The normalized spacial score (nSPS) is 10.8. The summed E-state index contributed by atoms with van der Waals surface area (Å²) in [6.45, 7) is 2.01. The molecule has 2 heterocycles.